The third-order valence-corrected chi connectivity index (χ3v) is 4.63. The van der Waals surface area contributed by atoms with E-state index in [1.165, 1.54) is 6.07 Å². The van der Waals surface area contributed by atoms with Crippen molar-refractivity contribution < 1.29 is 9.53 Å². The SMILES string of the molecule is C=C/C=C\C(C(=O)N(C)c1c(C)cccc1C)=C(/N)Oc1cc(Cl)ccc1Cl. The van der Waals surface area contributed by atoms with E-state index >= 15 is 0 Å². The van der Waals surface area contributed by atoms with E-state index in [9.17, 15) is 4.79 Å². The number of halogens is 2. The number of hydrogen-bond acceptors (Lipinski definition) is 3. The molecule has 0 fully saturated rings. The number of likely N-dealkylation sites (N-methyl/N-ethyl adjacent to an activating group) is 1. The number of nitrogens with zero attached hydrogens (tertiary/aromatic N) is 1. The van der Waals surface area contributed by atoms with E-state index in [2.05, 4.69) is 6.58 Å². The third-order valence-electron chi connectivity index (χ3n) is 4.09. The van der Waals surface area contributed by atoms with Gasteiger partial charge in [0.25, 0.3) is 5.91 Å². The molecule has 0 radical (unpaired) electrons. The van der Waals surface area contributed by atoms with Crippen molar-refractivity contribution in [3.63, 3.8) is 0 Å². The summed E-state index contributed by atoms with van der Waals surface area (Å²) in [6.07, 6.45) is 4.71. The number of rotatable bonds is 6. The molecule has 2 N–H and O–H groups in total. The zero-order chi connectivity index (χ0) is 20.8. The van der Waals surface area contributed by atoms with Crippen LogP contribution in [0.3, 0.4) is 0 Å². The fourth-order valence-corrected chi connectivity index (χ4v) is 3.09. The standard InChI is InChI=1S/C22H22Cl2N2O2/c1-5-6-10-17(21(25)28-19-13-16(23)11-12-18(19)24)22(27)26(4)20-14(2)8-7-9-15(20)3/h5-13H,1,25H2,2-4H3/b10-6-,21-17-. The van der Waals surface area contributed by atoms with Crippen molar-refractivity contribution in [2.24, 2.45) is 5.73 Å². The predicted octanol–water partition coefficient (Wildman–Crippen LogP) is 5.56. The summed E-state index contributed by atoms with van der Waals surface area (Å²) in [5.41, 5.74) is 9.05. The molecule has 0 heterocycles. The lowest BCUT2D eigenvalue weighted by atomic mass is 10.1. The quantitative estimate of drug-likeness (QED) is 0.380. The number of aryl methyl sites for hydroxylation is 2. The second-order valence-corrected chi connectivity index (χ2v) is 7.00. The van der Waals surface area contributed by atoms with Crippen LogP contribution in [0.15, 0.2) is 72.7 Å². The first-order chi connectivity index (χ1) is 13.3. The smallest absolute Gasteiger partial charge is 0.263 e. The number of ether oxygens (including phenoxy) is 1. The van der Waals surface area contributed by atoms with Crippen molar-refractivity contribution in [2.45, 2.75) is 13.8 Å². The fourth-order valence-electron chi connectivity index (χ4n) is 2.77. The average Bonchev–Trinajstić information content (AvgIpc) is 2.64. The molecule has 1 amide bonds. The van der Waals surface area contributed by atoms with Crippen LogP contribution in [-0.4, -0.2) is 13.0 Å². The van der Waals surface area contributed by atoms with Crippen LogP contribution in [0.5, 0.6) is 5.75 Å². The molecule has 0 aliphatic carbocycles. The number of para-hydroxylation sites is 1. The molecule has 6 heteroatoms. The highest BCUT2D eigenvalue weighted by Gasteiger charge is 2.21. The molecule has 28 heavy (non-hydrogen) atoms. The highest BCUT2D eigenvalue weighted by molar-refractivity contribution is 6.34. The van der Waals surface area contributed by atoms with Crippen molar-refractivity contribution in [1.82, 2.24) is 0 Å². The lowest BCUT2D eigenvalue weighted by Crippen LogP contribution is -2.31. The summed E-state index contributed by atoms with van der Waals surface area (Å²) in [4.78, 5) is 14.7. The van der Waals surface area contributed by atoms with E-state index in [0.29, 0.717) is 10.0 Å². The predicted molar refractivity (Wildman–Crippen MR) is 117 cm³/mol. The van der Waals surface area contributed by atoms with Crippen LogP contribution >= 0.6 is 23.2 Å². The summed E-state index contributed by atoms with van der Waals surface area (Å²) in [6, 6.07) is 10.6. The lowest BCUT2D eigenvalue weighted by Gasteiger charge is -2.23. The van der Waals surface area contributed by atoms with Crippen molar-refractivity contribution >= 4 is 34.8 Å². The van der Waals surface area contributed by atoms with Crippen molar-refractivity contribution in [3.8, 4) is 5.75 Å². The van der Waals surface area contributed by atoms with Gasteiger partial charge in [0.05, 0.1) is 10.6 Å². The van der Waals surface area contributed by atoms with Crippen LogP contribution in [0.2, 0.25) is 10.0 Å². The Balaban J connectivity index is 2.48. The number of carbonyl (C=O) groups is 1. The van der Waals surface area contributed by atoms with Gasteiger partial charge in [-0.15, -0.1) is 0 Å². The van der Waals surface area contributed by atoms with Gasteiger partial charge in [-0.2, -0.15) is 0 Å². The Morgan fingerprint density at radius 2 is 1.82 bits per heavy atom. The molecule has 2 rings (SSSR count). The van der Waals surface area contributed by atoms with Crippen LogP contribution in [0.4, 0.5) is 5.69 Å². The Morgan fingerprint density at radius 1 is 1.18 bits per heavy atom. The zero-order valence-corrected chi connectivity index (χ0v) is 17.5. The average molecular weight is 417 g/mol. The van der Waals surface area contributed by atoms with Gasteiger partial charge in [-0.25, -0.2) is 0 Å². The Hall–Kier alpha value is -2.69. The van der Waals surface area contributed by atoms with Crippen LogP contribution < -0.4 is 15.4 Å². The van der Waals surface area contributed by atoms with E-state index in [4.69, 9.17) is 33.7 Å². The topological polar surface area (TPSA) is 55.6 Å². The summed E-state index contributed by atoms with van der Waals surface area (Å²) in [6.45, 7) is 7.53. The van der Waals surface area contributed by atoms with Crippen LogP contribution in [0.25, 0.3) is 0 Å². The van der Waals surface area contributed by atoms with E-state index in [1.807, 2.05) is 32.0 Å². The highest BCUT2D eigenvalue weighted by atomic mass is 35.5. The summed E-state index contributed by atoms with van der Waals surface area (Å²) < 4.78 is 5.66. The van der Waals surface area contributed by atoms with Gasteiger partial charge in [-0.1, -0.05) is 60.1 Å². The molecular weight excluding hydrogens is 395 g/mol. The van der Waals surface area contributed by atoms with Crippen LogP contribution in [0.1, 0.15) is 11.1 Å². The third kappa shape index (κ3) is 4.97. The van der Waals surface area contributed by atoms with Gasteiger partial charge in [0, 0.05) is 23.8 Å². The largest absolute Gasteiger partial charge is 0.439 e. The van der Waals surface area contributed by atoms with Crippen molar-refractivity contribution in [3.05, 3.63) is 93.8 Å². The summed E-state index contributed by atoms with van der Waals surface area (Å²) in [5.74, 6) is -0.157. The molecule has 4 nitrogen and oxygen atoms in total. The molecule has 0 aliphatic heterocycles. The maximum atomic E-state index is 13.2. The van der Waals surface area contributed by atoms with Gasteiger partial charge in [0.1, 0.15) is 5.75 Å². The van der Waals surface area contributed by atoms with E-state index < -0.39 is 0 Å². The highest BCUT2D eigenvalue weighted by Crippen LogP contribution is 2.30. The first-order valence-electron chi connectivity index (χ1n) is 8.52. The molecule has 0 spiro atoms. The molecule has 0 saturated carbocycles. The molecule has 0 saturated heterocycles. The van der Waals surface area contributed by atoms with Crippen molar-refractivity contribution in [1.29, 1.82) is 0 Å². The first kappa shape index (κ1) is 21.6. The molecule has 2 aromatic rings. The minimum Gasteiger partial charge on any atom is -0.439 e. The molecule has 0 aromatic heterocycles. The molecule has 0 atom stereocenters. The number of amides is 1. The molecule has 2 aromatic carbocycles. The number of nitrogens with two attached hydrogens (primary N) is 1. The Morgan fingerprint density at radius 3 is 2.43 bits per heavy atom. The van der Waals surface area contributed by atoms with Crippen LogP contribution in [0, 0.1) is 13.8 Å². The van der Waals surface area contributed by atoms with Gasteiger partial charge in [-0.3, -0.25) is 4.79 Å². The number of hydrogen-bond donors (Lipinski definition) is 1. The first-order valence-corrected chi connectivity index (χ1v) is 9.28. The minimum atomic E-state index is -0.328. The maximum absolute atomic E-state index is 13.2. The Labute approximate surface area is 175 Å². The Bertz CT molecular complexity index is 945. The summed E-state index contributed by atoms with van der Waals surface area (Å²) in [5, 5.41) is 0.768. The van der Waals surface area contributed by atoms with E-state index in [1.54, 1.807) is 42.3 Å². The van der Waals surface area contributed by atoms with Crippen molar-refractivity contribution in [2.75, 3.05) is 11.9 Å². The molecule has 0 bridgehead atoms. The van der Waals surface area contributed by atoms with E-state index in [-0.39, 0.29) is 23.1 Å². The number of carbonyl (C=O) groups excluding carboxylic acids is 1. The second-order valence-electron chi connectivity index (χ2n) is 6.15. The maximum Gasteiger partial charge on any atom is 0.263 e. The summed E-state index contributed by atoms with van der Waals surface area (Å²) >= 11 is 12.1. The number of allylic oxidation sites excluding steroid dienone is 2. The van der Waals surface area contributed by atoms with Gasteiger partial charge >= 0.3 is 0 Å². The molecular formula is C22H22Cl2N2O2. The molecule has 0 unspecified atom stereocenters. The number of benzene rings is 2. The van der Waals surface area contributed by atoms with E-state index in [0.717, 1.165) is 16.8 Å². The van der Waals surface area contributed by atoms with Crippen LogP contribution in [-0.2, 0) is 4.79 Å². The Kier molecular flexibility index (Phi) is 7.32. The van der Waals surface area contributed by atoms with Gasteiger partial charge in [0.15, 0.2) is 0 Å². The zero-order valence-electron chi connectivity index (χ0n) is 16.0. The normalized spacial score (nSPS) is 11.9. The fraction of sp³-hybridized carbons (Fsp3) is 0.136. The second kappa shape index (κ2) is 9.49. The minimum absolute atomic E-state index is 0.0923. The number of anilines is 1. The molecule has 146 valence electrons. The van der Waals surface area contributed by atoms with Gasteiger partial charge in [0.2, 0.25) is 5.88 Å². The monoisotopic (exact) mass is 416 g/mol. The molecule has 0 aliphatic rings. The van der Waals surface area contributed by atoms with Gasteiger partial charge in [-0.05, 0) is 43.2 Å². The van der Waals surface area contributed by atoms with Gasteiger partial charge < -0.3 is 15.4 Å². The lowest BCUT2D eigenvalue weighted by molar-refractivity contribution is -0.114. The summed E-state index contributed by atoms with van der Waals surface area (Å²) in [7, 11) is 1.69.